The fourth-order valence-corrected chi connectivity index (χ4v) is 3.08. The predicted octanol–water partition coefficient (Wildman–Crippen LogP) is 1.84. The third-order valence-corrected chi connectivity index (χ3v) is 4.67. The van der Waals surface area contributed by atoms with Gasteiger partial charge >= 0.3 is 0 Å². The van der Waals surface area contributed by atoms with Crippen molar-refractivity contribution in [2.24, 2.45) is 5.92 Å². The lowest BCUT2D eigenvalue weighted by Gasteiger charge is -2.06. The quantitative estimate of drug-likeness (QED) is 0.578. The van der Waals surface area contributed by atoms with Crippen molar-refractivity contribution >= 4 is 46.1 Å². The molecule has 0 atom stereocenters. The van der Waals surface area contributed by atoms with Crippen molar-refractivity contribution in [1.29, 1.82) is 0 Å². The number of benzene rings is 1. The average Bonchev–Trinajstić information content (AvgIpc) is 3.34. The Kier molecular flexibility index (Phi) is 4.89. The highest BCUT2D eigenvalue weighted by molar-refractivity contribution is 7.99. The molecule has 0 unspecified atom stereocenters. The molecule has 1 saturated carbocycles. The molecule has 1 fully saturated rings. The van der Waals surface area contributed by atoms with Gasteiger partial charge in [0.15, 0.2) is 5.76 Å². The number of carboxylic acids is 1. The molecule has 1 aliphatic carbocycles. The highest BCUT2D eigenvalue weighted by atomic mass is 32.2. The maximum absolute atomic E-state index is 12.4. The molecule has 24 heavy (non-hydrogen) atoms. The Hall–Kier alpha value is -2.28. The summed E-state index contributed by atoms with van der Waals surface area (Å²) in [6.45, 7) is 0. The molecule has 7 heteroatoms. The van der Waals surface area contributed by atoms with Gasteiger partial charge in [0, 0.05) is 17.3 Å². The second kappa shape index (κ2) is 7.09. The van der Waals surface area contributed by atoms with E-state index in [1.54, 1.807) is 18.2 Å². The number of fused-ring (bicyclic) bond motifs is 1. The largest absolute Gasteiger partial charge is 0.550 e. The van der Waals surface area contributed by atoms with Crippen LogP contribution in [-0.2, 0) is 9.59 Å². The van der Waals surface area contributed by atoms with Gasteiger partial charge in [-0.05, 0) is 37.1 Å². The van der Waals surface area contributed by atoms with Gasteiger partial charge in [0.25, 0.3) is 0 Å². The molecule has 1 amide bonds. The molecule has 0 aliphatic heterocycles. The molecule has 1 heterocycles. The van der Waals surface area contributed by atoms with Crippen LogP contribution >= 0.6 is 11.8 Å². The zero-order chi connectivity index (χ0) is 17.1. The van der Waals surface area contributed by atoms with Crippen LogP contribution < -0.4 is 10.4 Å². The fourth-order valence-electron chi connectivity index (χ4n) is 2.37. The Labute approximate surface area is 142 Å². The Bertz CT molecular complexity index is 793. The normalized spacial score (nSPS) is 13.8. The van der Waals surface area contributed by atoms with Crippen molar-refractivity contribution in [3.8, 4) is 0 Å². The number of carbonyl (C=O) groups is 3. The summed E-state index contributed by atoms with van der Waals surface area (Å²) in [7, 11) is 0. The summed E-state index contributed by atoms with van der Waals surface area (Å²) in [5.74, 6) is -0.924. The maximum Gasteiger partial charge on any atom is 0.234 e. The lowest BCUT2D eigenvalue weighted by atomic mass is 10.1. The fraction of sp³-hybridized carbons (Fsp3) is 0.353. The second-order valence-electron chi connectivity index (χ2n) is 5.66. The van der Waals surface area contributed by atoms with Crippen molar-refractivity contribution in [2.75, 3.05) is 16.8 Å². The Balaban J connectivity index is 1.74. The third kappa shape index (κ3) is 3.79. The van der Waals surface area contributed by atoms with Crippen LogP contribution in [0.2, 0.25) is 0 Å². The second-order valence-corrected chi connectivity index (χ2v) is 6.77. The number of nitrogens with one attached hydrogen (secondary N) is 1. The average molecular weight is 346 g/mol. The van der Waals surface area contributed by atoms with Crippen molar-refractivity contribution in [2.45, 2.75) is 19.3 Å². The molecule has 3 rings (SSSR count). The standard InChI is InChI=1S/C17H17NO5S/c19-13(9-24-8-7-14(20)21)18-15-11-3-1-2-4-12(11)23-17(15)16(22)10-5-6-10/h1-4,10H,5-9H2,(H,18,19)(H,20,21)/p-1. The number of carboxylic acid groups (broad SMARTS) is 1. The molecule has 1 aromatic carbocycles. The summed E-state index contributed by atoms with van der Waals surface area (Å²) >= 11 is 1.20. The van der Waals surface area contributed by atoms with Gasteiger partial charge in [0.1, 0.15) is 5.58 Å². The lowest BCUT2D eigenvalue weighted by molar-refractivity contribution is -0.305. The Morgan fingerprint density at radius 1 is 1.25 bits per heavy atom. The van der Waals surface area contributed by atoms with Crippen LogP contribution in [0, 0.1) is 5.92 Å². The molecule has 6 nitrogen and oxygen atoms in total. The van der Waals surface area contributed by atoms with E-state index in [2.05, 4.69) is 5.32 Å². The first kappa shape index (κ1) is 16.6. The first-order chi connectivity index (χ1) is 11.6. The lowest BCUT2D eigenvalue weighted by Crippen LogP contribution is -2.23. The molecule has 1 aromatic heterocycles. The number of anilines is 1. The molecule has 0 radical (unpaired) electrons. The monoisotopic (exact) mass is 346 g/mol. The van der Waals surface area contributed by atoms with E-state index < -0.39 is 5.97 Å². The number of hydrogen-bond acceptors (Lipinski definition) is 6. The number of carbonyl (C=O) groups excluding carboxylic acids is 3. The number of para-hydroxylation sites is 1. The van der Waals surface area contributed by atoms with Gasteiger partial charge in [-0.25, -0.2) is 0 Å². The molecule has 1 N–H and O–H groups in total. The van der Waals surface area contributed by atoms with Crippen LogP contribution in [0.3, 0.4) is 0 Å². The van der Waals surface area contributed by atoms with E-state index in [9.17, 15) is 19.5 Å². The van der Waals surface area contributed by atoms with Crippen LogP contribution in [0.1, 0.15) is 29.8 Å². The van der Waals surface area contributed by atoms with Crippen LogP contribution in [0.15, 0.2) is 28.7 Å². The number of furan rings is 1. The van der Waals surface area contributed by atoms with E-state index >= 15 is 0 Å². The van der Waals surface area contributed by atoms with Gasteiger partial charge in [-0.15, -0.1) is 0 Å². The van der Waals surface area contributed by atoms with E-state index in [4.69, 9.17) is 4.42 Å². The predicted molar refractivity (Wildman–Crippen MR) is 88.8 cm³/mol. The number of aliphatic carboxylic acids is 1. The van der Waals surface area contributed by atoms with Crippen molar-refractivity contribution in [3.05, 3.63) is 30.0 Å². The number of hydrogen-bond donors (Lipinski definition) is 1. The molecule has 0 bridgehead atoms. The van der Waals surface area contributed by atoms with Gasteiger partial charge in [0.05, 0.1) is 11.4 Å². The van der Waals surface area contributed by atoms with E-state index in [1.165, 1.54) is 11.8 Å². The van der Waals surface area contributed by atoms with Crippen molar-refractivity contribution in [3.63, 3.8) is 0 Å². The number of ketones is 1. The summed E-state index contributed by atoms with van der Waals surface area (Å²) in [4.78, 5) is 34.9. The summed E-state index contributed by atoms with van der Waals surface area (Å²) in [6, 6.07) is 7.16. The van der Waals surface area contributed by atoms with E-state index in [0.29, 0.717) is 22.4 Å². The molecule has 0 spiro atoms. The van der Waals surface area contributed by atoms with E-state index in [-0.39, 0.29) is 35.5 Å². The highest BCUT2D eigenvalue weighted by Crippen LogP contribution is 2.38. The van der Waals surface area contributed by atoms with Crippen LogP contribution in [0.5, 0.6) is 0 Å². The first-order valence-electron chi connectivity index (χ1n) is 7.69. The molecule has 1 aliphatic rings. The summed E-state index contributed by atoms with van der Waals surface area (Å²) in [5.41, 5.74) is 0.967. The van der Waals surface area contributed by atoms with Gasteiger partial charge < -0.3 is 19.6 Å². The van der Waals surface area contributed by atoms with Crippen LogP contribution in [0.4, 0.5) is 5.69 Å². The number of rotatable bonds is 8. The maximum atomic E-state index is 12.4. The summed E-state index contributed by atoms with van der Waals surface area (Å²) < 4.78 is 5.66. The number of amides is 1. The topological polar surface area (TPSA) is 99.4 Å². The van der Waals surface area contributed by atoms with Crippen LogP contribution in [-0.4, -0.2) is 29.2 Å². The zero-order valence-electron chi connectivity index (χ0n) is 12.9. The van der Waals surface area contributed by atoms with E-state index in [0.717, 1.165) is 12.8 Å². The van der Waals surface area contributed by atoms with Crippen LogP contribution in [0.25, 0.3) is 11.0 Å². The number of thioether (sulfide) groups is 1. The summed E-state index contributed by atoms with van der Waals surface area (Å²) in [6.07, 6.45) is 1.60. The molecular formula is C17H16NO5S-. The summed E-state index contributed by atoms with van der Waals surface area (Å²) in [5, 5.41) is 13.8. The SMILES string of the molecule is O=C([O-])CCSCC(=O)Nc1c(C(=O)C2CC2)oc2ccccc12. The van der Waals surface area contributed by atoms with Crippen molar-refractivity contribution in [1.82, 2.24) is 0 Å². The van der Waals surface area contributed by atoms with Crippen molar-refractivity contribution < 1.29 is 23.9 Å². The molecule has 126 valence electrons. The van der Waals surface area contributed by atoms with Gasteiger partial charge in [-0.2, -0.15) is 11.8 Å². The zero-order valence-corrected chi connectivity index (χ0v) is 13.7. The minimum atomic E-state index is -1.14. The minimum absolute atomic E-state index is 0.0151. The first-order valence-corrected chi connectivity index (χ1v) is 8.85. The minimum Gasteiger partial charge on any atom is -0.550 e. The number of Topliss-reactive ketones (excluding diaryl/α,β-unsaturated/α-hetero) is 1. The highest BCUT2D eigenvalue weighted by Gasteiger charge is 2.35. The third-order valence-electron chi connectivity index (χ3n) is 3.72. The molecular weight excluding hydrogens is 330 g/mol. The van der Waals surface area contributed by atoms with Gasteiger partial charge in [0.2, 0.25) is 11.7 Å². The van der Waals surface area contributed by atoms with Gasteiger partial charge in [-0.3, -0.25) is 9.59 Å². The Morgan fingerprint density at radius 3 is 2.71 bits per heavy atom. The molecule has 2 aromatic rings. The smallest absolute Gasteiger partial charge is 0.234 e. The molecule has 0 saturated heterocycles. The van der Waals surface area contributed by atoms with E-state index in [1.807, 2.05) is 6.07 Å². The Morgan fingerprint density at radius 2 is 2.00 bits per heavy atom. The van der Waals surface area contributed by atoms with Gasteiger partial charge in [-0.1, -0.05) is 12.1 Å².